The number of aromatic nitrogens is 1. The van der Waals surface area contributed by atoms with Gasteiger partial charge in [0.05, 0.1) is 10.6 Å². The summed E-state index contributed by atoms with van der Waals surface area (Å²) in [5.41, 5.74) is 2.52. The van der Waals surface area contributed by atoms with E-state index in [9.17, 15) is 14.9 Å². The monoisotopic (exact) mass is 418 g/mol. The summed E-state index contributed by atoms with van der Waals surface area (Å²) in [7, 11) is 0. The van der Waals surface area contributed by atoms with E-state index in [1.165, 1.54) is 18.2 Å². The first-order valence-corrected chi connectivity index (χ1v) is 9.67. The lowest BCUT2D eigenvalue weighted by molar-refractivity contribution is -0.384. The number of ether oxygens (including phenoxy) is 1. The molecule has 31 heavy (non-hydrogen) atoms. The molecular weight excluding hydrogens is 396 g/mol. The van der Waals surface area contributed by atoms with Crippen molar-refractivity contribution in [1.82, 2.24) is 10.3 Å². The van der Waals surface area contributed by atoms with E-state index in [0.29, 0.717) is 19.7 Å². The van der Waals surface area contributed by atoms with Gasteiger partial charge in [0.25, 0.3) is 5.69 Å². The van der Waals surface area contributed by atoms with E-state index in [4.69, 9.17) is 4.74 Å². The molecule has 1 heterocycles. The minimum atomic E-state index is -0.445. The molecule has 0 unspecified atom stereocenters. The van der Waals surface area contributed by atoms with E-state index in [1.807, 2.05) is 42.5 Å². The zero-order valence-electron chi connectivity index (χ0n) is 16.7. The van der Waals surface area contributed by atoms with Gasteiger partial charge >= 0.3 is 0 Å². The van der Waals surface area contributed by atoms with Crippen LogP contribution in [0.2, 0.25) is 0 Å². The van der Waals surface area contributed by atoms with Crippen LogP contribution in [-0.4, -0.2) is 28.9 Å². The molecule has 8 heteroatoms. The third kappa shape index (κ3) is 7.28. The summed E-state index contributed by atoms with van der Waals surface area (Å²) < 4.78 is 5.69. The van der Waals surface area contributed by atoms with Crippen LogP contribution in [0, 0.1) is 10.1 Å². The zero-order valence-corrected chi connectivity index (χ0v) is 16.7. The highest BCUT2D eigenvalue weighted by atomic mass is 16.6. The highest BCUT2D eigenvalue weighted by molar-refractivity contribution is 5.91. The average Bonchev–Trinajstić information content (AvgIpc) is 2.81. The number of pyridine rings is 1. The van der Waals surface area contributed by atoms with Crippen molar-refractivity contribution in [3.05, 3.63) is 100 Å². The van der Waals surface area contributed by atoms with Gasteiger partial charge in [-0.2, -0.15) is 0 Å². The highest BCUT2D eigenvalue weighted by Gasteiger charge is 2.03. The van der Waals surface area contributed by atoms with Crippen LogP contribution in [0.4, 0.5) is 11.4 Å². The van der Waals surface area contributed by atoms with Gasteiger partial charge in [-0.3, -0.25) is 19.9 Å². The number of nitro benzene ring substituents is 1. The standard InChI is InChI=1S/C23H22N4O4/c28-23(26-16-15-25-19-7-9-21(10-8-19)27(29)30)13-6-18-4-11-22(12-5-18)31-17-20-3-1-2-14-24-20/h1-14,25H,15-17H2,(H,26,28)/b13-6+. The lowest BCUT2D eigenvalue weighted by Crippen LogP contribution is -2.27. The second kappa shape index (κ2) is 11.1. The third-order valence-electron chi connectivity index (χ3n) is 4.25. The van der Waals surface area contributed by atoms with E-state index in [0.717, 1.165) is 22.7 Å². The van der Waals surface area contributed by atoms with Crippen molar-refractivity contribution in [3.63, 3.8) is 0 Å². The number of hydrogen-bond donors (Lipinski definition) is 2. The first-order valence-electron chi connectivity index (χ1n) is 9.67. The molecule has 0 fully saturated rings. The predicted molar refractivity (Wildman–Crippen MR) is 119 cm³/mol. The normalized spacial score (nSPS) is 10.6. The molecule has 0 aliphatic rings. The molecule has 0 aliphatic heterocycles. The van der Waals surface area contributed by atoms with Gasteiger partial charge in [0.2, 0.25) is 5.91 Å². The molecule has 3 rings (SSSR count). The number of carbonyl (C=O) groups is 1. The summed E-state index contributed by atoms with van der Waals surface area (Å²) in [6.45, 7) is 1.31. The van der Waals surface area contributed by atoms with E-state index in [1.54, 1.807) is 24.4 Å². The molecule has 0 atom stereocenters. The van der Waals surface area contributed by atoms with Crippen LogP contribution in [-0.2, 0) is 11.4 Å². The van der Waals surface area contributed by atoms with Gasteiger partial charge in [-0.15, -0.1) is 0 Å². The number of carbonyl (C=O) groups excluding carboxylic acids is 1. The second-order valence-electron chi connectivity index (χ2n) is 6.53. The third-order valence-corrected chi connectivity index (χ3v) is 4.25. The van der Waals surface area contributed by atoms with E-state index in [2.05, 4.69) is 15.6 Å². The Morgan fingerprint density at radius 1 is 1.03 bits per heavy atom. The Hall–Kier alpha value is -4.20. The first-order chi connectivity index (χ1) is 15.1. The minimum absolute atomic E-state index is 0.0387. The fourth-order valence-electron chi connectivity index (χ4n) is 2.64. The van der Waals surface area contributed by atoms with Gasteiger partial charge in [-0.25, -0.2) is 0 Å². The highest BCUT2D eigenvalue weighted by Crippen LogP contribution is 2.15. The number of rotatable bonds is 10. The van der Waals surface area contributed by atoms with Gasteiger partial charge in [-0.05, 0) is 48.0 Å². The maximum Gasteiger partial charge on any atom is 0.269 e. The summed E-state index contributed by atoms with van der Waals surface area (Å²) >= 11 is 0. The van der Waals surface area contributed by atoms with Gasteiger partial charge < -0.3 is 15.4 Å². The molecule has 8 nitrogen and oxygen atoms in total. The Labute approximate surface area is 179 Å². The second-order valence-corrected chi connectivity index (χ2v) is 6.53. The molecule has 0 saturated heterocycles. The van der Waals surface area contributed by atoms with Gasteiger partial charge in [0, 0.05) is 43.2 Å². The van der Waals surface area contributed by atoms with Crippen molar-refractivity contribution in [1.29, 1.82) is 0 Å². The lowest BCUT2D eigenvalue weighted by Gasteiger charge is -2.07. The number of nitrogens with zero attached hydrogens (tertiary/aromatic N) is 2. The Morgan fingerprint density at radius 2 is 1.81 bits per heavy atom. The molecule has 158 valence electrons. The first kappa shape index (κ1) is 21.5. The molecule has 2 N–H and O–H groups in total. The maximum absolute atomic E-state index is 11.9. The average molecular weight is 418 g/mol. The van der Waals surface area contributed by atoms with Crippen LogP contribution in [0.5, 0.6) is 5.75 Å². The lowest BCUT2D eigenvalue weighted by atomic mass is 10.2. The number of nitrogens with one attached hydrogen (secondary N) is 2. The smallest absolute Gasteiger partial charge is 0.269 e. The predicted octanol–water partition coefficient (Wildman–Crippen LogP) is 3.81. The van der Waals surface area contributed by atoms with E-state index >= 15 is 0 Å². The maximum atomic E-state index is 11.9. The fraction of sp³-hybridized carbons (Fsp3) is 0.130. The summed E-state index contributed by atoms with van der Waals surface area (Å²) in [4.78, 5) is 26.3. The molecule has 0 radical (unpaired) electrons. The molecule has 0 spiro atoms. The molecule has 1 aromatic heterocycles. The molecular formula is C23H22N4O4. The summed E-state index contributed by atoms with van der Waals surface area (Å²) in [6.07, 6.45) is 4.92. The molecule has 2 aromatic carbocycles. The quantitative estimate of drug-likeness (QED) is 0.224. The number of non-ortho nitro benzene ring substituents is 1. The van der Waals surface area contributed by atoms with Gasteiger partial charge in [0.1, 0.15) is 12.4 Å². The summed E-state index contributed by atoms with van der Waals surface area (Å²) in [5.74, 6) is 0.519. The Morgan fingerprint density at radius 3 is 2.48 bits per heavy atom. The Balaban J connectivity index is 1.36. The Bertz CT molecular complexity index is 1020. The van der Waals surface area contributed by atoms with E-state index < -0.39 is 4.92 Å². The van der Waals surface area contributed by atoms with Crippen molar-refractivity contribution in [3.8, 4) is 5.75 Å². The number of benzene rings is 2. The van der Waals surface area contributed by atoms with Crippen molar-refractivity contribution in [2.45, 2.75) is 6.61 Å². The zero-order chi connectivity index (χ0) is 21.9. The van der Waals surface area contributed by atoms with Crippen LogP contribution < -0.4 is 15.4 Å². The number of nitro groups is 1. The summed E-state index contributed by atoms with van der Waals surface area (Å²) in [6, 6.07) is 19.2. The topological polar surface area (TPSA) is 106 Å². The minimum Gasteiger partial charge on any atom is -0.487 e. The number of anilines is 1. The fourth-order valence-corrected chi connectivity index (χ4v) is 2.64. The Kier molecular flexibility index (Phi) is 7.70. The van der Waals surface area contributed by atoms with Crippen LogP contribution >= 0.6 is 0 Å². The van der Waals surface area contributed by atoms with Crippen molar-refractivity contribution < 1.29 is 14.5 Å². The number of hydrogen-bond acceptors (Lipinski definition) is 6. The molecule has 1 amide bonds. The van der Waals surface area contributed by atoms with Crippen LogP contribution in [0.3, 0.4) is 0 Å². The molecule has 0 saturated carbocycles. The van der Waals surface area contributed by atoms with Crippen LogP contribution in [0.25, 0.3) is 6.08 Å². The van der Waals surface area contributed by atoms with Crippen molar-refractivity contribution in [2.75, 3.05) is 18.4 Å². The SMILES string of the molecule is O=C(/C=C/c1ccc(OCc2ccccn2)cc1)NCCNc1ccc([N+](=O)[O-])cc1. The van der Waals surface area contributed by atoms with Crippen molar-refractivity contribution >= 4 is 23.4 Å². The van der Waals surface area contributed by atoms with Crippen molar-refractivity contribution in [2.24, 2.45) is 0 Å². The van der Waals surface area contributed by atoms with Crippen LogP contribution in [0.15, 0.2) is 79.0 Å². The van der Waals surface area contributed by atoms with E-state index in [-0.39, 0.29) is 11.6 Å². The van der Waals surface area contributed by atoms with Gasteiger partial charge in [-0.1, -0.05) is 18.2 Å². The molecule has 0 aliphatic carbocycles. The van der Waals surface area contributed by atoms with Crippen LogP contribution in [0.1, 0.15) is 11.3 Å². The van der Waals surface area contributed by atoms with Gasteiger partial charge in [0.15, 0.2) is 0 Å². The molecule has 3 aromatic rings. The molecule has 0 bridgehead atoms. The largest absolute Gasteiger partial charge is 0.487 e. The number of amides is 1. The summed E-state index contributed by atoms with van der Waals surface area (Å²) in [5, 5.41) is 16.5.